The van der Waals surface area contributed by atoms with Crippen LogP contribution in [0.3, 0.4) is 0 Å². The molecule has 57 heavy (non-hydrogen) atoms. The van der Waals surface area contributed by atoms with Crippen LogP contribution in [0.5, 0.6) is 0 Å². The van der Waals surface area contributed by atoms with Crippen LogP contribution in [-0.4, -0.2) is 4.57 Å². The van der Waals surface area contributed by atoms with Gasteiger partial charge in [0.2, 0.25) is 0 Å². The molecule has 0 bridgehead atoms. The second-order valence-electron chi connectivity index (χ2n) is 14.9. The summed E-state index contributed by atoms with van der Waals surface area (Å²) < 4.78 is 9.36. The van der Waals surface area contributed by atoms with E-state index in [1.165, 1.54) is 54.1 Å². The summed E-state index contributed by atoms with van der Waals surface area (Å²) in [6.07, 6.45) is 0. The lowest BCUT2D eigenvalue weighted by atomic mass is 9.96. The van der Waals surface area contributed by atoms with Crippen molar-refractivity contribution in [2.75, 3.05) is 4.90 Å². The van der Waals surface area contributed by atoms with Crippen LogP contribution >= 0.6 is 0 Å². The third kappa shape index (κ3) is 4.79. The summed E-state index contributed by atoms with van der Waals surface area (Å²) in [5.74, 6) is 0. The number of rotatable bonds is 5. The fourth-order valence-corrected chi connectivity index (χ4v) is 9.25. The third-order valence-corrected chi connectivity index (χ3v) is 11.7. The van der Waals surface area contributed by atoms with E-state index in [1.807, 2.05) is 0 Å². The summed E-state index contributed by atoms with van der Waals surface area (Å²) in [6, 6.07) is 74.5. The molecule has 0 saturated carbocycles. The molecule has 0 radical (unpaired) electrons. The molecule has 3 nitrogen and oxygen atoms in total. The van der Waals surface area contributed by atoms with E-state index < -0.39 is 0 Å². The molecule has 12 aromatic rings. The molecule has 0 N–H and O–H groups in total. The van der Waals surface area contributed by atoms with Crippen molar-refractivity contribution in [2.45, 2.75) is 0 Å². The summed E-state index contributed by atoms with van der Waals surface area (Å²) in [5.41, 5.74) is 10.7. The Balaban J connectivity index is 1.16. The van der Waals surface area contributed by atoms with E-state index in [-0.39, 0.29) is 0 Å². The zero-order valence-corrected chi connectivity index (χ0v) is 30.9. The van der Waals surface area contributed by atoms with Gasteiger partial charge in [-0.1, -0.05) is 152 Å². The standard InChI is InChI=1S/C54H34N2O/c1-4-21-40-35(15-1)17-14-29-47(40)56(51-34-37-16-2-3-20-39(37)42-22-5-6-23-43(42)51)50-32-31-41(54-53(50)46-26-9-12-30-52(46)57-54)36-18-13-19-38(33-36)55-48-27-10-7-24-44(48)45-25-8-11-28-49(45)55/h1-34H. The molecule has 0 unspecified atom stereocenters. The van der Waals surface area contributed by atoms with E-state index in [0.717, 1.165) is 55.8 Å². The summed E-state index contributed by atoms with van der Waals surface area (Å²) in [4.78, 5) is 2.47. The van der Waals surface area contributed by atoms with Crippen molar-refractivity contribution in [3.8, 4) is 16.8 Å². The number of hydrogen-bond donors (Lipinski definition) is 0. The van der Waals surface area contributed by atoms with Crippen molar-refractivity contribution in [2.24, 2.45) is 0 Å². The highest BCUT2D eigenvalue weighted by Gasteiger charge is 2.25. The van der Waals surface area contributed by atoms with E-state index in [4.69, 9.17) is 4.42 Å². The Hall–Kier alpha value is -7.62. The Bertz CT molecular complexity index is 3490. The van der Waals surface area contributed by atoms with Crippen LogP contribution in [0.1, 0.15) is 0 Å². The van der Waals surface area contributed by atoms with Crippen LogP contribution in [0.15, 0.2) is 211 Å². The molecule has 0 atom stereocenters. The quantitative estimate of drug-likeness (QED) is 0.165. The smallest absolute Gasteiger partial charge is 0.145 e. The summed E-state index contributed by atoms with van der Waals surface area (Å²) in [7, 11) is 0. The SMILES string of the molecule is c1cc(-c2ccc(N(c3cccc4ccccc34)c3cc4ccccc4c4ccccc34)c3c2oc2ccccc23)cc(-n2c3ccccc3c3ccccc32)c1. The summed E-state index contributed by atoms with van der Waals surface area (Å²) >= 11 is 0. The number of benzene rings is 10. The second kappa shape index (κ2) is 12.5. The molecule has 0 aliphatic rings. The lowest BCUT2D eigenvalue weighted by Crippen LogP contribution is -2.12. The van der Waals surface area contributed by atoms with Gasteiger partial charge in [-0.05, 0) is 81.7 Å². The van der Waals surface area contributed by atoms with Crippen molar-refractivity contribution < 1.29 is 4.42 Å². The van der Waals surface area contributed by atoms with Crippen molar-refractivity contribution >= 4 is 93.1 Å². The largest absolute Gasteiger partial charge is 0.455 e. The van der Waals surface area contributed by atoms with Gasteiger partial charge in [0.1, 0.15) is 11.2 Å². The minimum Gasteiger partial charge on any atom is -0.455 e. The molecule has 2 heterocycles. The minimum absolute atomic E-state index is 0.862. The van der Waals surface area contributed by atoms with Gasteiger partial charge in [-0.3, -0.25) is 0 Å². The zero-order chi connectivity index (χ0) is 37.5. The molecule has 10 aromatic carbocycles. The normalized spacial score (nSPS) is 11.9. The molecule has 12 rings (SSSR count). The molecule has 266 valence electrons. The third-order valence-electron chi connectivity index (χ3n) is 11.7. The molecule has 2 aromatic heterocycles. The number of hydrogen-bond acceptors (Lipinski definition) is 2. The second-order valence-corrected chi connectivity index (χ2v) is 14.9. The van der Waals surface area contributed by atoms with Gasteiger partial charge in [-0.2, -0.15) is 0 Å². The van der Waals surface area contributed by atoms with E-state index in [0.29, 0.717) is 0 Å². The lowest BCUT2D eigenvalue weighted by Gasteiger charge is -2.29. The van der Waals surface area contributed by atoms with Crippen molar-refractivity contribution in [3.63, 3.8) is 0 Å². The number of fused-ring (bicyclic) bond motifs is 10. The van der Waals surface area contributed by atoms with Gasteiger partial charge in [0, 0.05) is 38.2 Å². The van der Waals surface area contributed by atoms with E-state index in [1.54, 1.807) is 0 Å². The van der Waals surface area contributed by atoms with Gasteiger partial charge in [0.25, 0.3) is 0 Å². The Labute approximate surface area is 328 Å². The van der Waals surface area contributed by atoms with E-state index >= 15 is 0 Å². The highest BCUT2D eigenvalue weighted by Crippen LogP contribution is 2.50. The predicted molar refractivity (Wildman–Crippen MR) is 241 cm³/mol. The monoisotopic (exact) mass is 726 g/mol. The van der Waals surface area contributed by atoms with Crippen LogP contribution in [0.25, 0.3) is 92.9 Å². The van der Waals surface area contributed by atoms with E-state index in [9.17, 15) is 0 Å². The molecule has 0 saturated heterocycles. The summed E-state index contributed by atoms with van der Waals surface area (Å²) in [5, 5.41) is 11.9. The first-order valence-corrected chi connectivity index (χ1v) is 19.5. The zero-order valence-electron chi connectivity index (χ0n) is 30.9. The molecule has 3 heteroatoms. The van der Waals surface area contributed by atoms with Crippen LogP contribution in [0.2, 0.25) is 0 Å². The molecular formula is C54H34N2O. The Kier molecular flexibility index (Phi) is 6.93. The predicted octanol–water partition coefficient (Wildman–Crippen LogP) is 15.3. The Morgan fingerprint density at radius 3 is 1.75 bits per heavy atom. The van der Waals surface area contributed by atoms with Gasteiger partial charge in [0.15, 0.2) is 0 Å². The maximum atomic E-state index is 6.98. The highest BCUT2D eigenvalue weighted by atomic mass is 16.3. The van der Waals surface area contributed by atoms with Gasteiger partial charge < -0.3 is 13.9 Å². The Morgan fingerprint density at radius 2 is 0.965 bits per heavy atom. The van der Waals surface area contributed by atoms with Crippen LogP contribution in [0.4, 0.5) is 17.1 Å². The minimum atomic E-state index is 0.862. The van der Waals surface area contributed by atoms with Gasteiger partial charge >= 0.3 is 0 Å². The fraction of sp³-hybridized carbons (Fsp3) is 0. The molecule has 0 aliphatic carbocycles. The number of para-hydroxylation sites is 3. The molecule has 0 aliphatic heterocycles. The van der Waals surface area contributed by atoms with E-state index in [2.05, 4.69) is 216 Å². The number of furan rings is 1. The maximum absolute atomic E-state index is 6.98. The average molecular weight is 727 g/mol. The van der Waals surface area contributed by atoms with Crippen LogP contribution in [0, 0.1) is 0 Å². The fourth-order valence-electron chi connectivity index (χ4n) is 9.25. The lowest BCUT2D eigenvalue weighted by molar-refractivity contribution is 0.670. The van der Waals surface area contributed by atoms with Crippen molar-refractivity contribution in [3.05, 3.63) is 206 Å². The Morgan fingerprint density at radius 1 is 0.368 bits per heavy atom. The van der Waals surface area contributed by atoms with Crippen LogP contribution < -0.4 is 4.90 Å². The van der Waals surface area contributed by atoms with Gasteiger partial charge in [0.05, 0.1) is 33.5 Å². The number of nitrogens with zero attached hydrogens (tertiary/aromatic N) is 2. The first-order valence-electron chi connectivity index (χ1n) is 19.5. The highest BCUT2D eigenvalue weighted by molar-refractivity contribution is 6.21. The number of aromatic nitrogens is 1. The summed E-state index contributed by atoms with van der Waals surface area (Å²) in [6.45, 7) is 0. The molecule has 0 spiro atoms. The van der Waals surface area contributed by atoms with Gasteiger partial charge in [-0.25, -0.2) is 0 Å². The first kappa shape index (κ1) is 31.7. The maximum Gasteiger partial charge on any atom is 0.145 e. The first-order chi connectivity index (χ1) is 28.3. The molecule has 0 amide bonds. The molecular weight excluding hydrogens is 693 g/mol. The average Bonchev–Trinajstić information content (AvgIpc) is 3.83. The number of anilines is 3. The van der Waals surface area contributed by atoms with Crippen LogP contribution in [-0.2, 0) is 0 Å². The topological polar surface area (TPSA) is 21.3 Å². The van der Waals surface area contributed by atoms with Gasteiger partial charge in [-0.15, -0.1) is 0 Å². The molecule has 0 fully saturated rings. The van der Waals surface area contributed by atoms with Crippen molar-refractivity contribution in [1.82, 2.24) is 4.57 Å². The van der Waals surface area contributed by atoms with Crippen molar-refractivity contribution in [1.29, 1.82) is 0 Å².